The Bertz CT molecular complexity index is 1050. The third-order valence-corrected chi connectivity index (χ3v) is 4.39. The van der Waals surface area contributed by atoms with Gasteiger partial charge in [-0.25, -0.2) is 4.98 Å². The smallest absolute Gasteiger partial charge is 0.261 e. The minimum Gasteiger partial charge on any atom is -0.471 e. The van der Waals surface area contributed by atoms with Crippen LogP contribution in [0.15, 0.2) is 46.0 Å². The molecule has 0 amide bonds. The van der Waals surface area contributed by atoms with Crippen LogP contribution in [0.3, 0.4) is 0 Å². The van der Waals surface area contributed by atoms with E-state index in [1.54, 1.807) is 36.8 Å². The van der Waals surface area contributed by atoms with Gasteiger partial charge in [0.15, 0.2) is 5.79 Å². The van der Waals surface area contributed by atoms with Crippen molar-refractivity contribution in [2.24, 2.45) is 0 Å². The summed E-state index contributed by atoms with van der Waals surface area (Å²) in [6.07, 6.45) is 3.73. The number of hydrogen-bond donors (Lipinski definition) is 2. The molecule has 3 heterocycles. The van der Waals surface area contributed by atoms with E-state index in [4.69, 9.17) is 4.42 Å². The molecule has 1 aliphatic rings. The van der Waals surface area contributed by atoms with Crippen molar-refractivity contribution in [3.63, 3.8) is 0 Å². The van der Waals surface area contributed by atoms with Crippen LogP contribution in [-0.4, -0.2) is 25.6 Å². The van der Waals surface area contributed by atoms with Crippen molar-refractivity contribution in [1.82, 2.24) is 9.55 Å². The molecule has 6 heteroatoms. The molecular weight excluding hydrogens is 320 g/mol. The van der Waals surface area contributed by atoms with Gasteiger partial charge in [-0.15, -0.1) is 0 Å². The lowest BCUT2D eigenvalue weighted by Crippen LogP contribution is -2.29. The standard InChI is InChI=1S/C19H16N2O4/c22-18-15-4-3-13(1-2-14-6-10-25-12-14)11-16(15)20-17-5-7-19(23,24)8-9-21(17)18/h3-4,6,10-12,23-24H,5,7-9H2. The summed E-state index contributed by atoms with van der Waals surface area (Å²) < 4.78 is 6.52. The molecule has 0 spiro atoms. The van der Waals surface area contributed by atoms with E-state index in [0.29, 0.717) is 23.1 Å². The van der Waals surface area contributed by atoms with Crippen molar-refractivity contribution in [2.45, 2.75) is 31.6 Å². The van der Waals surface area contributed by atoms with Crippen LogP contribution in [0.2, 0.25) is 0 Å². The molecule has 0 radical (unpaired) electrons. The fourth-order valence-corrected chi connectivity index (χ4v) is 2.97. The first-order valence-corrected chi connectivity index (χ1v) is 8.04. The maximum atomic E-state index is 12.7. The second-order valence-electron chi connectivity index (χ2n) is 6.21. The monoisotopic (exact) mass is 336 g/mol. The van der Waals surface area contributed by atoms with Gasteiger partial charge in [-0.3, -0.25) is 9.36 Å². The van der Waals surface area contributed by atoms with Crippen LogP contribution in [0, 0.1) is 11.8 Å². The van der Waals surface area contributed by atoms with Gasteiger partial charge in [0.2, 0.25) is 0 Å². The van der Waals surface area contributed by atoms with E-state index < -0.39 is 5.79 Å². The number of fused-ring (bicyclic) bond motifs is 2. The van der Waals surface area contributed by atoms with Crippen LogP contribution in [0.25, 0.3) is 10.9 Å². The second-order valence-corrected chi connectivity index (χ2v) is 6.21. The largest absolute Gasteiger partial charge is 0.471 e. The molecule has 2 N–H and O–H groups in total. The van der Waals surface area contributed by atoms with Gasteiger partial charge in [0.25, 0.3) is 5.56 Å². The van der Waals surface area contributed by atoms with Crippen molar-refractivity contribution < 1.29 is 14.6 Å². The minimum absolute atomic E-state index is 0.112. The summed E-state index contributed by atoms with van der Waals surface area (Å²) in [5.41, 5.74) is 1.93. The number of aryl methyl sites for hydroxylation is 1. The summed E-state index contributed by atoms with van der Waals surface area (Å²) in [5.74, 6) is 4.82. The molecule has 6 nitrogen and oxygen atoms in total. The summed E-state index contributed by atoms with van der Waals surface area (Å²) in [6, 6.07) is 7.05. The number of hydrogen-bond acceptors (Lipinski definition) is 5. The zero-order valence-corrected chi connectivity index (χ0v) is 13.4. The molecule has 0 unspecified atom stereocenters. The summed E-state index contributed by atoms with van der Waals surface area (Å²) in [4.78, 5) is 17.3. The second kappa shape index (κ2) is 5.88. The van der Waals surface area contributed by atoms with E-state index in [1.807, 2.05) is 0 Å². The molecule has 3 aromatic rings. The Morgan fingerprint density at radius 2 is 2.00 bits per heavy atom. The SMILES string of the molecule is O=c1c2ccc(C#Cc3ccoc3)cc2nc2n1CCC(O)(O)CC2. The van der Waals surface area contributed by atoms with Crippen LogP contribution in [0.4, 0.5) is 0 Å². The minimum atomic E-state index is -1.76. The summed E-state index contributed by atoms with van der Waals surface area (Å²) in [5, 5.41) is 20.2. The molecule has 4 rings (SSSR count). The predicted octanol–water partition coefficient (Wildman–Crippen LogP) is 1.41. The molecular formula is C19H16N2O4. The van der Waals surface area contributed by atoms with Crippen LogP contribution in [-0.2, 0) is 13.0 Å². The number of benzene rings is 1. The highest BCUT2D eigenvalue weighted by molar-refractivity contribution is 5.79. The lowest BCUT2D eigenvalue weighted by molar-refractivity contribution is -0.169. The van der Waals surface area contributed by atoms with E-state index in [9.17, 15) is 15.0 Å². The van der Waals surface area contributed by atoms with Crippen LogP contribution < -0.4 is 5.56 Å². The van der Waals surface area contributed by atoms with Crippen molar-refractivity contribution in [3.05, 3.63) is 64.1 Å². The van der Waals surface area contributed by atoms with E-state index in [0.717, 1.165) is 11.1 Å². The van der Waals surface area contributed by atoms with Crippen molar-refractivity contribution in [3.8, 4) is 11.8 Å². The van der Waals surface area contributed by atoms with Gasteiger partial charge in [-0.05, 0) is 24.3 Å². The Labute approximate surface area is 143 Å². The van der Waals surface area contributed by atoms with Gasteiger partial charge in [-0.1, -0.05) is 11.8 Å². The lowest BCUT2D eigenvalue weighted by atomic mass is 10.1. The normalized spacial score (nSPS) is 15.9. The van der Waals surface area contributed by atoms with Crippen molar-refractivity contribution in [1.29, 1.82) is 0 Å². The molecule has 0 fully saturated rings. The zero-order chi connectivity index (χ0) is 17.4. The molecule has 1 aromatic carbocycles. The quantitative estimate of drug-likeness (QED) is 0.479. The van der Waals surface area contributed by atoms with E-state index in [1.165, 1.54) is 4.57 Å². The number of rotatable bonds is 0. The number of aromatic nitrogens is 2. The fraction of sp³-hybridized carbons (Fsp3) is 0.263. The van der Waals surface area contributed by atoms with Crippen LogP contribution >= 0.6 is 0 Å². The maximum absolute atomic E-state index is 12.7. The molecule has 0 atom stereocenters. The van der Waals surface area contributed by atoms with Gasteiger partial charge in [-0.2, -0.15) is 0 Å². The third-order valence-electron chi connectivity index (χ3n) is 4.39. The number of furan rings is 1. The fourth-order valence-electron chi connectivity index (χ4n) is 2.97. The van der Waals surface area contributed by atoms with Gasteiger partial charge in [0.05, 0.1) is 22.7 Å². The molecule has 126 valence electrons. The number of nitrogens with zero attached hydrogens (tertiary/aromatic N) is 2. The van der Waals surface area contributed by atoms with Gasteiger partial charge in [0, 0.05) is 31.4 Å². The molecule has 0 bridgehead atoms. The van der Waals surface area contributed by atoms with Crippen LogP contribution in [0.5, 0.6) is 0 Å². The predicted molar refractivity (Wildman–Crippen MR) is 90.8 cm³/mol. The van der Waals surface area contributed by atoms with E-state index in [2.05, 4.69) is 16.8 Å². The van der Waals surface area contributed by atoms with Gasteiger partial charge in [0.1, 0.15) is 12.1 Å². The highest BCUT2D eigenvalue weighted by Gasteiger charge is 2.28. The Balaban J connectivity index is 1.78. The summed E-state index contributed by atoms with van der Waals surface area (Å²) in [7, 11) is 0. The Morgan fingerprint density at radius 1 is 1.16 bits per heavy atom. The Kier molecular flexibility index (Phi) is 3.68. The Morgan fingerprint density at radius 3 is 2.80 bits per heavy atom. The van der Waals surface area contributed by atoms with E-state index >= 15 is 0 Å². The van der Waals surface area contributed by atoms with Crippen molar-refractivity contribution in [2.75, 3.05) is 0 Å². The third kappa shape index (κ3) is 3.07. The average molecular weight is 336 g/mol. The highest BCUT2D eigenvalue weighted by atomic mass is 16.5. The molecule has 25 heavy (non-hydrogen) atoms. The van der Waals surface area contributed by atoms with E-state index in [-0.39, 0.29) is 24.9 Å². The number of aliphatic hydroxyl groups is 2. The van der Waals surface area contributed by atoms with Crippen molar-refractivity contribution >= 4 is 10.9 Å². The molecule has 0 aliphatic carbocycles. The highest BCUT2D eigenvalue weighted by Crippen LogP contribution is 2.21. The Hall–Kier alpha value is -2.88. The van der Waals surface area contributed by atoms with Gasteiger partial charge >= 0.3 is 0 Å². The topological polar surface area (TPSA) is 88.5 Å². The molecule has 1 aliphatic heterocycles. The summed E-state index contributed by atoms with van der Waals surface area (Å²) in [6.45, 7) is 0.242. The zero-order valence-electron chi connectivity index (χ0n) is 13.4. The molecule has 2 aromatic heterocycles. The average Bonchev–Trinajstić information content (AvgIpc) is 3.05. The molecule has 0 saturated heterocycles. The molecule has 0 saturated carbocycles. The van der Waals surface area contributed by atoms with Gasteiger partial charge < -0.3 is 14.6 Å². The maximum Gasteiger partial charge on any atom is 0.261 e. The first kappa shape index (κ1) is 15.6. The lowest BCUT2D eigenvalue weighted by Gasteiger charge is -2.17. The first-order chi connectivity index (χ1) is 12.0. The summed E-state index contributed by atoms with van der Waals surface area (Å²) >= 11 is 0. The van der Waals surface area contributed by atoms with Crippen LogP contribution in [0.1, 0.15) is 29.8 Å². The first-order valence-electron chi connectivity index (χ1n) is 8.04.